The van der Waals surface area contributed by atoms with Gasteiger partial charge in [-0.3, -0.25) is 14.7 Å². The Hall–Kier alpha value is -3.00. The standard InChI is InChI=1S/C19H17F2N5O/c1-11-7-23-16(8-22-11)18-24-17-10-26(5-4-13(17)19(27)25-18)9-12-2-3-14(20)15(21)6-12/h2-3,6-8H,4-5,9-10H2,1H3,(H,24,25,27). The van der Waals surface area contributed by atoms with E-state index >= 15 is 0 Å². The quantitative estimate of drug-likeness (QED) is 0.767. The minimum Gasteiger partial charge on any atom is -0.305 e. The fraction of sp³-hybridized carbons (Fsp3) is 0.263. The highest BCUT2D eigenvalue weighted by molar-refractivity contribution is 5.48. The van der Waals surface area contributed by atoms with E-state index in [1.807, 2.05) is 11.8 Å². The molecule has 1 aliphatic heterocycles. The molecule has 6 nitrogen and oxygen atoms in total. The van der Waals surface area contributed by atoms with E-state index in [2.05, 4.69) is 19.9 Å². The third-order valence-corrected chi connectivity index (χ3v) is 4.57. The van der Waals surface area contributed by atoms with E-state index < -0.39 is 11.6 Å². The van der Waals surface area contributed by atoms with Gasteiger partial charge in [-0.1, -0.05) is 6.07 Å². The van der Waals surface area contributed by atoms with Gasteiger partial charge >= 0.3 is 0 Å². The molecule has 0 saturated heterocycles. The number of aromatic amines is 1. The number of rotatable bonds is 3. The van der Waals surface area contributed by atoms with Crippen molar-refractivity contribution in [2.24, 2.45) is 0 Å². The first kappa shape index (κ1) is 17.4. The number of aromatic nitrogens is 4. The van der Waals surface area contributed by atoms with Crippen LogP contribution in [0.15, 0.2) is 35.4 Å². The Balaban J connectivity index is 1.60. The van der Waals surface area contributed by atoms with Crippen LogP contribution in [0.25, 0.3) is 11.5 Å². The number of halogens is 2. The summed E-state index contributed by atoms with van der Waals surface area (Å²) in [5, 5.41) is 0. The number of hydrogen-bond acceptors (Lipinski definition) is 5. The minimum absolute atomic E-state index is 0.176. The van der Waals surface area contributed by atoms with Crippen LogP contribution in [-0.4, -0.2) is 31.4 Å². The van der Waals surface area contributed by atoms with Gasteiger partial charge in [-0.25, -0.2) is 18.7 Å². The molecule has 27 heavy (non-hydrogen) atoms. The van der Waals surface area contributed by atoms with Gasteiger partial charge in [0.15, 0.2) is 17.5 Å². The van der Waals surface area contributed by atoms with Crippen molar-refractivity contribution in [1.29, 1.82) is 0 Å². The van der Waals surface area contributed by atoms with Crippen LogP contribution in [0, 0.1) is 18.6 Å². The second-order valence-corrected chi connectivity index (χ2v) is 6.59. The second kappa shape index (κ2) is 6.96. The smallest absolute Gasteiger partial charge is 0.254 e. The van der Waals surface area contributed by atoms with Gasteiger partial charge in [0.05, 0.1) is 17.6 Å². The fourth-order valence-corrected chi connectivity index (χ4v) is 3.16. The predicted octanol–water partition coefficient (Wildman–Crippen LogP) is 2.37. The molecular weight excluding hydrogens is 352 g/mol. The first-order chi connectivity index (χ1) is 13.0. The number of hydrogen-bond donors (Lipinski definition) is 1. The molecule has 0 radical (unpaired) electrons. The molecule has 3 aromatic rings. The highest BCUT2D eigenvalue weighted by atomic mass is 19.2. The zero-order chi connectivity index (χ0) is 19.0. The molecule has 4 rings (SSSR count). The van der Waals surface area contributed by atoms with Crippen LogP contribution >= 0.6 is 0 Å². The summed E-state index contributed by atoms with van der Waals surface area (Å²) < 4.78 is 26.5. The zero-order valence-corrected chi connectivity index (χ0v) is 14.7. The van der Waals surface area contributed by atoms with Crippen molar-refractivity contribution in [3.63, 3.8) is 0 Å². The Morgan fingerprint density at radius 2 is 2.04 bits per heavy atom. The van der Waals surface area contributed by atoms with Crippen LogP contribution in [0.4, 0.5) is 8.78 Å². The van der Waals surface area contributed by atoms with Crippen LogP contribution < -0.4 is 5.56 Å². The molecule has 0 amide bonds. The van der Waals surface area contributed by atoms with Gasteiger partial charge in [-0.15, -0.1) is 0 Å². The van der Waals surface area contributed by atoms with Gasteiger partial charge in [0, 0.05) is 31.4 Å². The van der Waals surface area contributed by atoms with Crippen molar-refractivity contribution in [3.05, 3.63) is 75.1 Å². The molecular formula is C19H17F2N5O. The zero-order valence-electron chi connectivity index (χ0n) is 14.7. The average molecular weight is 369 g/mol. The molecule has 0 aliphatic carbocycles. The van der Waals surface area contributed by atoms with E-state index in [0.29, 0.717) is 54.4 Å². The van der Waals surface area contributed by atoms with E-state index in [1.54, 1.807) is 18.5 Å². The molecule has 0 unspecified atom stereocenters. The molecule has 0 bridgehead atoms. The highest BCUT2D eigenvalue weighted by Crippen LogP contribution is 2.19. The molecule has 2 aromatic heterocycles. The molecule has 0 spiro atoms. The van der Waals surface area contributed by atoms with E-state index in [1.165, 1.54) is 6.07 Å². The lowest BCUT2D eigenvalue weighted by Gasteiger charge is -2.27. The predicted molar refractivity (Wildman–Crippen MR) is 94.8 cm³/mol. The lowest BCUT2D eigenvalue weighted by molar-refractivity contribution is 0.240. The Kier molecular flexibility index (Phi) is 4.49. The van der Waals surface area contributed by atoms with Crippen molar-refractivity contribution in [3.8, 4) is 11.5 Å². The lowest BCUT2D eigenvalue weighted by Crippen LogP contribution is -2.35. The number of aryl methyl sites for hydroxylation is 1. The summed E-state index contributed by atoms with van der Waals surface area (Å²) in [7, 11) is 0. The first-order valence-corrected chi connectivity index (χ1v) is 8.57. The van der Waals surface area contributed by atoms with Crippen molar-refractivity contribution < 1.29 is 8.78 Å². The fourth-order valence-electron chi connectivity index (χ4n) is 3.16. The van der Waals surface area contributed by atoms with Crippen LogP contribution in [0.2, 0.25) is 0 Å². The number of H-pyrrole nitrogens is 1. The third-order valence-electron chi connectivity index (χ3n) is 4.57. The average Bonchev–Trinajstić information content (AvgIpc) is 2.65. The van der Waals surface area contributed by atoms with Crippen LogP contribution in [0.3, 0.4) is 0 Å². The van der Waals surface area contributed by atoms with Crippen LogP contribution in [-0.2, 0) is 19.5 Å². The number of nitrogens with zero attached hydrogens (tertiary/aromatic N) is 4. The largest absolute Gasteiger partial charge is 0.305 e. The van der Waals surface area contributed by atoms with Crippen molar-refractivity contribution in [2.75, 3.05) is 6.54 Å². The van der Waals surface area contributed by atoms with E-state index in [-0.39, 0.29) is 5.56 Å². The highest BCUT2D eigenvalue weighted by Gasteiger charge is 2.22. The maximum atomic E-state index is 13.4. The molecule has 1 N–H and O–H groups in total. The number of nitrogens with one attached hydrogen (secondary N) is 1. The van der Waals surface area contributed by atoms with E-state index in [4.69, 9.17) is 0 Å². The minimum atomic E-state index is -0.861. The lowest BCUT2D eigenvalue weighted by atomic mass is 10.1. The molecule has 0 fully saturated rings. The summed E-state index contributed by atoms with van der Waals surface area (Å²) in [6, 6.07) is 3.88. The summed E-state index contributed by atoms with van der Waals surface area (Å²) in [6.45, 7) is 3.37. The third kappa shape index (κ3) is 3.61. The van der Waals surface area contributed by atoms with Crippen LogP contribution in [0.1, 0.15) is 22.5 Å². The molecule has 0 saturated carbocycles. The number of benzene rings is 1. The SMILES string of the molecule is Cc1cnc(-c2nc3c(c(=O)[nH]2)CCN(Cc2ccc(F)c(F)c2)C3)cn1. The normalized spacial score (nSPS) is 14.2. The Bertz CT molecular complexity index is 1050. The molecule has 1 aliphatic rings. The van der Waals surface area contributed by atoms with Gasteiger partial charge in [-0.2, -0.15) is 0 Å². The molecule has 3 heterocycles. The van der Waals surface area contributed by atoms with Crippen LogP contribution in [0.5, 0.6) is 0 Å². The number of fused-ring (bicyclic) bond motifs is 1. The summed E-state index contributed by atoms with van der Waals surface area (Å²) in [6.07, 6.45) is 3.73. The van der Waals surface area contributed by atoms with Crippen molar-refractivity contribution >= 4 is 0 Å². The monoisotopic (exact) mass is 369 g/mol. The summed E-state index contributed by atoms with van der Waals surface area (Å²) in [4.78, 5) is 30.2. The van der Waals surface area contributed by atoms with E-state index in [9.17, 15) is 13.6 Å². The summed E-state index contributed by atoms with van der Waals surface area (Å²) in [5.74, 6) is -1.35. The topological polar surface area (TPSA) is 74.8 Å². The molecule has 8 heteroatoms. The maximum Gasteiger partial charge on any atom is 0.254 e. The second-order valence-electron chi connectivity index (χ2n) is 6.59. The molecule has 1 aromatic carbocycles. The van der Waals surface area contributed by atoms with Gasteiger partial charge in [0.1, 0.15) is 5.69 Å². The van der Waals surface area contributed by atoms with Gasteiger partial charge in [0.25, 0.3) is 5.56 Å². The Morgan fingerprint density at radius 3 is 2.78 bits per heavy atom. The maximum absolute atomic E-state index is 13.4. The molecule has 0 atom stereocenters. The summed E-state index contributed by atoms with van der Waals surface area (Å²) in [5.41, 5.74) is 3.09. The van der Waals surface area contributed by atoms with E-state index in [0.717, 1.165) is 11.8 Å². The Morgan fingerprint density at radius 1 is 1.19 bits per heavy atom. The Labute approximate surface area is 153 Å². The van der Waals surface area contributed by atoms with Crippen molar-refractivity contribution in [2.45, 2.75) is 26.4 Å². The summed E-state index contributed by atoms with van der Waals surface area (Å²) >= 11 is 0. The van der Waals surface area contributed by atoms with Gasteiger partial charge in [0.2, 0.25) is 0 Å². The van der Waals surface area contributed by atoms with Crippen molar-refractivity contribution in [1.82, 2.24) is 24.8 Å². The van der Waals surface area contributed by atoms with Gasteiger partial charge in [-0.05, 0) is 31.0 Å². The first-order valence-electron chi connectivity index (χ1n) is 8.57. The molecule has 138 valence electrons. The van der Waals surface area contributed by atoms with Gasteiger partial charge < -0.3 is 4.98 Å².